The van der Waals surface area contributed by atoms with Gasteiger partial charge in [0.05, 0.1) is 6.26 Å². The molecule has 1 aromatic carbocycles. The fraction of sp³-hybridized carbons (Fsp3) is 0.278. The molecule has 0 unspecified atom stereocenters. The van der Waals surface area contributed by atoms with E-state index in [2.05, 4.69) is 10.6 Å². The second-order valence-electron chi connectivity index (χ2n) is 5.47. The van der Waals surface area contributed by atoms with E-state index >= 15 is 0 Å². The molecule has 7 heteroatoms. The van der Waals surface area contributed by atoms with Crippen LogP contribution in [-0.4, -0.2) is 29.4 Å². The minimum absolute atomic E-state index is 0.144. The first-order valence-electron chi connectivity index (χ1n) is 8.01. The number of aliphatic carboxylic acids is 1. The highest BCUT2D eigenvalue weighted by atomic mass is 16.4. The Hall–Kier alpha value is -3.09. The Labute approximate surface area is 145 Å². The van der Waals surface area contributed by atoms with Gasteiger partial charge in [-0.05, 0) is 43.2 Å². The summed E-state index contributed by atoms with van der Waals surface area (Å²) in [4.78, 5) is 34.4. The number of carboxylic acids is 1. The van der Waals surface area contributed by atoms with E-state index in [9.17, 15) is 14.4 Å². The fourth-order valence-corrected chi connectivity index (χ4v) is 2.22. The second kappa shape index (κ2) is 9.27. The van der Waals surface area contributed by atoms with Crippen LogP contribution in [0.1, 0.15) is 46.6 Å². The summed E-state index contributed by atoms with van der Waals surface area (Å²) >= 11 is 0. The Bertz CT molecular complexity index is 725. The van der Waals surface area contributed by atoms with Gasteiger partial charge in [-0.2, -0.15) is 0 Å². The number of carbonyl (C=O) groups excluding carboxylic acids is 2. The number of hydrogen-bond donors (Lipinski definition) is 3. The first kappa shape index (κ1) is 18.3. The van der Waals surface area contributed by atoms with Crippen molar-refractivity contribution in [3.05, 3.63) is 54.0 Å². The third-order valence-corrected chi connectivity index (χ3v) is 3.48. The van der Waals surface area contributed by atoms with Crippen LogP contribution in [0.25, 0.3) is 0 Å². The Morgan fingerprint density at radius 2 is 1.84 bits per heavy atom. The number of unbranched alkanes of at least 4 members (excludes halogenated alkanes) is 2. The SMILES string of the molecule is O=C(O)CCCCCNC(=O)c1cccc(NC(=O)c2ccco2)c1. The molecule has 0 aliphatic heterocycles. The number of nitrogens with one attached hydrogen (secondary N) is 2. The average Bonchev–Trinajstić information content (AvgIpc) is 3.12. The monoisotopic (exact) mass is 344 g/mol. The molecule has 0 aliphatic carbocycles. The third-order valence-electron chi connectivity index (χ3n) is 3.48. The summed E-state index contributed by atoms with van der Waals surface area (Å²) in [5.41, 5.74) is 0.929. The van der Waals surface area contributed by atoms with Crippen LogP contribution in [0.15, 0.2) is 47.1 Å². The van der Waals surface area contributed by atoms with Crippen LogP contribution in [0.4, 0.5) is 5.69 Å². The average molecular weight is 344 g/mol. The predicted octanol–water partition coefficient (Wildman–Crippen LogP) is 2.91. The first-order valence-corrected chi connectivity index (χ1v) is 8.01. The summed E-state index contributed by atoms with van der Waals surface area (Å²) in [6.45, 7) is 0.474. The van der Waals surface area contributed by atoms with Gasteiger partial charge >= 0.3 is 5.97 Å². The Kier molecular flexibility index (Phi) is 6.76. The third kappa shape index (κ3) is 6.14. The molecule has 0 saturated heterocycles. The van der Waals surface area contributed by atoms with Gasteiger partial charge < -0.3 is 20.2 Å². The van der Waals surface area contributed by atoms with Crippen molar-refractivity contribution in [2.75, 3.05) is 11.9 Å². The van der Waals surface area contributed by atoms with Crippen molar-refractivity contribution < 1.29 is 23.9 Å². The largest absolute Gasteiger partial charge is 0.481 e. The second-order valence-corrected chi connectivity index (χ2v) is 5.47. The standard InChI is InChI=1S/C18H20N2O5/c21-16(22)9-2-1-3-10-19-17(23)13-6-4-7-14(12-13)20-18(24)15-8-5-11-25-15/h4-8,11-12H,1-3,9-10H2,(H,19,23)(H,20,24)(H,21,22). The molecule has 0 bridgehead atoms. The lowest BCUT2D eigenvalue weighted by Crippen LogP contribution is -2.24. The van der Waals surface area contributed by atoms with E-state index in [0.29, 0.717) is 30.6 Å². The maximum Gasteiger partial charge on any atom is 0.303 e. The van der Waals surface area contributed by atoms with E-state index < -0.39 is 5.97 Å². The topological polar surface area (TPSA) is 109 Å². The summed E-state index contributed by atoms with van der Waals surface area (Å²) in [6.07, 6.45) is 3.61. The normalized spacial score (nSPS) is 10.2. The number of amides is 2. The molecule has 0 spiro atoms. The van der Waals surface area contributed by atoms with Gasteiger partial charge in [-0.15, -0.1) is 0 Å². The summed E-state index contributed by atoms with van der Waals surface area (Å²) in [7, 11) is 0. The molecule has 1 heterocycles. The zero-order valence-corrected chi connectivity index (χ0v) is 13.7. The minimum atomic E-state index is -0.808. The minimum Gasteiger partial charge on any atom is -0.481 e. The van der Waals surface area contributed by atoms with E-state index in [1.807, 2.05) is 0 Å². The predicted molar refractivity (Wildman–Crippen MR) is 91.5 cm³/mol. The Balaban J connectivity index is 1.80. The molecule has 0 fully saturated rings. The molecule has 0 radical (unpaired) electrons. The van der Waals surface area contributed by atoms with E-state index in [-0.39, 0.29) is 24.0 Å². The molecule has 1 aromatic heterocycles. The summed E-state index contributed by atoms with van der Waals surface area (Å²) in [5, 5.41) is 14.0. The molecule has 0 saturated carbocycles. The number of furan rings is 1. The zero-order chi connectivity index (χ0) is 18.1. The van der Waals surface area contributed by atoms with Crippen LogP contribution in [0, 0.1) is 0 Å². The van der Waals surface area contributed by atoms with Crippen molar-refractivity contribution in [1.29, 1.82) is 0 Å². The Morgan fingerprint density at radius 3 is 2.56 bits per heavy atom. The van der Waals surface area contributed by atoms with E-state index in [4.69, 9.17) is 9.52 Å². The fourth-order valence-electron chi connectivity index (χ4n) is 2.22. The molecule has 2 amide bonds. The van der Waals surface area contributed by atoms with Gasteiger partial charge in [-0.25, -0.2) is 0 Å². The number of hydrogen-bond acceptors (Lipinski definition) is 4. The number of carboxylic acid groups (broad SMARTS) is 1. The van der Waals surface area contributed by atoms with Crippen LogP contribution in [0.5, 0.6) is 0 Å². The molecule has 2 rings (SSSR count). The van der Waals surface area contributed by atoms with Gasteiger partial charge in [-0.3, -0.25) is 14.4 Å². The molecule has 3 N–H and O–H groups in total. The van der Waals surface area contributed by atoms with Crippen molar-refractivity contribution >= 4 is 23.5 Å². The molecule has 0 aliphatic rings. The van der Waals surface area contributed by atoms with E-state index in [1.165, 1.54) is 6.26 Å². The molecular formula is C18H20N2O5. The van der Waals surface area contributed by atoms with Crippen molar-refractivity contribution in [3.8, 4) is 0 Å². The first-order chi connectivity index (χ1) is 12.1. The van der Waals surface area contributed by atoms with Gasteiger partial charge in [0.25, 0.3) is 11.8 Å². The number of benzene rings is 1. The van der Waals surface area contributed by atoms with Gasteiger partial charge in [0.15, 0.2) is 5.76 Å². The van der Waals surface area contributed by atoms with Crippen LogP contribution >= 0.6 is 0 Å². The summed E-state index contributed by atoms with van der Waals surface area (Å²) < 4.78 is 5.02. The van der Waals surface area contributed by atoms with Crippen molar-refractivity contribution in [1.82, 2.24) is 5.32 Å². The number of anilines is 1. The molecular weight excluding hydrogens is 324 g/mol. The number of carbonyl (C=O) groups is 3. The highest BCUT2D eigenvalue weighted by Crippen LogP contribution is 2.13. The lowest BCUT2D eigenvalue weighted by molar-refractivity contribution is -0.137. The van der Waals surface area contributed by atoms with Crippen molar-refractivity contribution in [2.45, 2.75) is 25.7 Å². The molecule has 2 aromatic rings. The van der Waals surface area contributed by atoms with Crippen LogP contribution in [0.3, 0.4) is 0 Å². The highest BCUT2D eigenvalue weighted by molar-refractivity contribution is 6.03. The van der Waals surface area contributed by atoms with Crippen LogP contribution < -0.4 is 10.6 Å². The zero-order valence-electron chi connectivity index (χ0n) is 13.7. The van der Waals surface area contributed by atoms with Crippen molar-refractivity contribution in [3.63, 3.8) is 0 Å². The van der Waals surface area contributed by atoms with Gasteiger partial charge in [0.2, 0.25) is 0 Å². The highest BCUT2D eigenvalue weighted by Gasteiger charge is 2.10. The summed E-state index contributed by atoms with van der Waals surface area (Å²) in [5.74, 6) is -1.25. The smallest absolute Gasteiger partial charge is 0.303 e. The van der Waals surface area contributed by atoms with Gasteiger partial charge in [0.1, 0.15) is 0 Å². The van der Waals surface area contributed by atoms with Crippen molar-refractivity contribution in [2.24, 2.45) is 0 Å². The molecule has 132 valence electrons. The Morgan fingerprint density at radius 1 is 1.00 bits per heavy atom. The van der Waals surface area contributed by atoms with E-state index in [0.717, 1.165) is 6.42 Å². The maximum atomic E-state index is 12.1. The molecule has 7 nitrogen and oxygen atoms in total. The quantitative estimate of drug-likeness (QED) is 0.606. The molecule has 25 heavy (non-hydrogen) atoms. The van der Waals surface area contributed by atoms with E-state index in [1.54, 1.807) is 36.4 Å². The maximum absolute atomic E-state index is 12.1. The molecule has 0 atom stereocenters. The number of rotatable bonds is 9. The summed E-state index contributed by atoms with van der Waals surface area (Å²) in [6, 6.07) is 9.78. The van der Waals surface area contributed by atoms with Crippen LogP contribution in [-0.2, 0) is 4.79 Å². The van der Waals surface area contributed by atoms with Gasteiger partial charge in [0, 0.05) is 24.2 Å². The van der Waals surface area contributed by atoms with Crippen LogP contribution in [0.2, 0.25) is 0 Å². The van der Waals surface area contributed by atoms with Gasteiger partial charge in [-0.1, -0.05) is 12.5 Å². The lowest BCUT2D eigenvalue weighted by atomic mass is 10.1. The lowest BCUT2D eigenvalue weighted by Gasteiger charge is -2.07.